The molecular weight excluding hydrogens is 284 g/mol. The average Bonchev–Trinajstić information content (AvgIpc) is 2.45. The number of allylic oxidation sites excluding steroid dienone is 2. The molecule has 0 saturated heterocycles. The molecular formula is C17H14O5. The molecule has 5 heteroatoms. The second-order valence-corrected chi connectivity index (χ2v) is 4.56. The molecule has 0 aromatic heterocycles. The summed E-state index contributed by atoms with van der Waals surface area (Å²) in [4.78, 5) is 11.7. The third-order valence-electron chi connectivity index (χ3n) is 2.88. The van der Waals surface area contributed by atoms with Crippen LogP contribution in [-0.2, 0) is 4.79 Å². The number of ketones is 1. The molecule has 0 aliphatic rings. The molecule has 0 bridgehead atoms. The van der Waals surface area contributed by atoms with Crippen LogP contribution in [0.3, 0.4) is 0 Å². The molecule has 0 unspecified atom stereocenters. The maximum absolute atomic E-state index is 11.7. The quantitative estimate of drug-likeness (QED) is 0.651. The fraction of sp³-hybridized carbons (Fsp3) is 0. The van der Waals surface area contributed by atoms with Crippen LogP contribution in [0.2, 0.25) is 0 Å². The van der Waals surface area contributed by atoms with E-state index in [1.165, 1.54) is 60.7 Å². The van der Waals surface area contributed by atoms with E-state index in [4.69, 9.17) is 10.2 Å². The lowest BCUT2D eigenvalue weighted by molar-refractivity contribution is -0.110. The van der Waals surface area contributed by atoms with Crippen LogP contribution in [0.1, 0.15) is 11.1 Å². The van der Waals surface area contributed by atoms with Crippen LogP contribution in [-0.4, -0.2) is 26.2 Å². The third kappa shape index (κ3) is 3.89. The minimum atomic E-state index is -0.347. The van der Waals surface area contributed by atoms with Crippen molar-refractivity contribution in [1.82, 2.24) is 0 Å². The Morgan fingerprint density at radius 1 is 0.727 bits per heavy atom. The van der Waals surface area contributed by atoms with Crippen molar-refractivity contribution >= 4 is 17.9 Å². The zero-order valence-electron chi connectivity index (χ0n) is 11.5. The Hall–Kier alpha value is -3.21. The smallest absolute Gasteiger partial charge is 0.178 e. The van der Waals surface area contributed by atoms with Crippen molar-refractivity contribution in [3.05, 3.63) is 59.7 Å². The normalized spacial score (nSPS) is 11.3. The van der Waals surface area contributed by atoms with E-state index in [1.807, 2.05) is 0 Å². The summed E-state index contributed by atoms with van der Waals surface area (Å²) in [6.45, 7) is 0. The van der Waals surface area contributed by atoms with E-state index in [9.17, 15) is 15.0 Å². The van der Waals surface area contributed by atoms with E-state index < -0.39 is 0 Å². The minimum Gasteiger partial charge on any atom is -0.508 e. The zero-order chi connectivity index (χ0) is 16.1. The van der Waals surface area contributed by atoms with Gasteiger partial charge in [-0.2, -0.15) is 0 Å². The van der Waals surface area contributed by atoms with E-state index >= 15 is 0 Å². The Morgan fingerprint density at radius 3 is 1.50 bits per heavy atom. The first-order chi connectivity index (χ1) is 10.5. The number of carbonyl (C=O) groups excluding carboxylic acids is 1. The Bertz CT molecular complexity index is 696. The predicted molar refractivity (Wildman–Crippen MR) is 82.6 cm³/mol. The predicted octanol–water partition coefficient (Wildman–Crippen LogP) is 2.80. The SMILES string of the molecule is O=C(/C=C/c1ccc(O)cc1O)/C=C/c1ccc(O)cc1O. The van der Waals surface area contributed by atoms with Crippen LogP contribution in [0, 0.1) is 0 Å². The van der Waals surface area contributed by atoms with Crippen molar-refractivity contribution in [3.63, 3.8) is 0 Å². The highest BCUT2D eigenvalue weighted by molar-refractivity contribution is 6.04. The average molecular weight is 298 g/mol. The van der Waals surface area contributed by atoms with E-state index in [0.717, 1.165) is 0 Å². The Balaban J connectivity index is 2.09. The zero-order valence-corrected chi connectivity index (χ0v) is 11.5. The van der Waals surface area contributed by atoms with Gasteiger partial charge in [0.2, 0.25) is 0 Å². The molecule has 0 heterocycles. The molecule has 2 aromatic rings. The van der Waals surface area contributed by atoms with Crippen LogP contribution < -0.4 is 0 Å². The molecule has 2 rings (SSSR count). The second kappa shape index (κ2) is 6.49. The first-order valence-corrected chi connectivity index (χ1v) is 6.40. The van der Waals surface area contributed by atoms with Gasteiger partial charge in [0.05, 0.1) is 0 Å². The highest BCUT2D eigenvalue weighted by Gasteiger charge is 2.01. The van der Waals surface area contributed by atoms with Gasteiger partial charge in [-0.25, -0.2) is 0 Å². The number of rotatable bonds is 4. The van der Waals surface area contributed by atoms with E-state index in [2.05, 4.69) is 0 Å². The molecule has 0 spiro atoms. The molecule has 112 valence electrons. The number of benzene rings is 2. The molecule has 0 atom stereocenters. The van der Waals surface area contributed by atoms with Gasteiger partial charge in [0.25, 0.3) is 0 Å². The second-order valence-electron chi connectivity index (χ2n) is 4.56. The van der Waals surface area contributed by atoms with Gasteiger partial charge in [0.1, 0.15) is 23.0 Å². The summed E-state index contributed by atoms with van der Waals surface area (Å²) in [7, 11) is 0. The van der Waals surface area contributed by atoms with E-state index in [0.29, 0.717) is 11.1 Å². The lowest BCUT2D eigenvalue weighted by Gasteiger charge is -1.99. The Kier molecular flexibility index (Phi) is 4.48. The fourth-order valence-corrected chi connectivity index (χ4v) is 1.75. The summed E-state index contributed by atoms with van der Waals surface area (Å²) in [5, 5.41) is 37.5. The largest absolute Gasteiger partial charge is 0.508 e. The van der Waals surface area contributed by atoms with Crippen LogP contribution in [0.25, 0.3) is 12.2 Å². The van der Waals surface area contributed by atoms with Crippen molar-refractivity contribution in [3.8, 4) is 23.0 Å². The number of phenolic OH excluding ortho intramolecular Hbond substituents is 4. The summed E-state index contributed by atoms with van der Waals surface area (Å²) in [6.07, 6.45) is 5.33. The van der Waals surface area contributed by atoms with E-state index in [-0.39, 0.29) is 28.8 Å². The van der Waals surface area contributed by atoms with Gasteiger partial charge in [0.15, 0.2) is 5.78 Å². The molecule has 0 fully saturated rings. The summed E-state index contributed by atoms with van der Waals surface area (Å²) >= 11 is 0. The van der Waals surface area contributed by atoms with Gasteiger partial charge in [-0.1, -0.05) is 0 Å². The van der Waals surface area contributed by atoms with Gasteiger partial charge in [0, 0.05) is 23.3 Å². The van der Waals surface area contributed by atoms with Gasteiger partial charge in [-0.05, 0) is 48.6 Å². The monoisotopic (exact) mass is 298 g/mol. The topological polar surface area (TPSA) is 98.0 Å². The summed E-state index contributed by atoms with van der Waals surface area (Å²) in [6, 6.07) is 8.10. The van der Waals surface area contributed by atoms with Crippen LogP contribution in [0.4, 0.5) is 0 Å². The van der Waals surface area contributed by atoms with Gasteiger partial charge < -0.3 is 20.4 Å². The fourth-order valence-electron chi connectivity index (χ4n) is 1.75. The molecule has 0 radical (unpaired) electrons. The van der Waals surface area contributed by atoms with Crippen molar-refractivity contribution < 1.29 is 25.2 Å². The summed E-state index contributed by atoms with van der Waals surface area (Å²) < 4.78 is 0. The van der Waals surface area contributed by atoms with Crippen molar-refractivity contribution in [2.24, 2.45) is 0 Å². The Morgan fingerprint density at radius 2 is 1.14 bits per heavy atom. The minimum absolute atomic E-state index is 0.0660. The van der Waals surface area contributed by atoms with Crippen molar-refractivity contribution in [2.45, 2.75) is 0 Å². The highest BCUT2D eigenvalue weighted by Crippen LogP contribution is 2.24. The van der Waals surface area contributed by atoms with Crippen molar-refractivity contribution in [2.75, 3.05) is 0 Å². The number of carbonyl (C=O) groups is 1. The Labute approximate surface area is 126 Å². The number of hydrogen-bond donors (Lipinski definition) is 4. The number of aromatic hydroxyl groups is 4. The summed E-state index contributed by atoms with van der Waals surface area (Å²) in [5.74, 6) is -0.749. The lowest BCUT2D eigenvalue weighted by atomic mass is 10.1. The summed E-state index contributed by atoms with van der Waals surface area (Å²) in [5.41, 5.74) is 0.791. The van der Waals surface area contributed by atoms with E-state index in [1.54, 1.807) is 0 Å². The lowest BCUT2D eigenvalue weighted by Crippen LogP contribution is -1.85. The first-order valence-electron chi connectivity index (χ1n) is 6.40. The molecule has 2 aromatic carbocycles. The molecule has 0 saturated carbocycles. The maximum Gasteiger partial charge on any atom is 0.178 e. The molecule has 5 nitrogen and oxygen atoms in total. The molecule has 22 heavy (non-hydrogen) atoms. The molecule has 4 N–H and O–H groups in total. The van der Waals surface area contributed by atoms with Crippen LogP contribution in [0.5, 0.6) is 23.0 Å². The highest BCUT2D eigenvalue weighted by atomic mass is 16.3. The van der Waals surface area contributed by atoms with Gasteiger partial charge in [-0.15, -0.1) is 0 Å². The molecule has 0 aliphatic carbocycles. The number of hydrogen-bond acceptors (Lipinski definition) is 5. The van der Waals surface area contributed by atoms with Crippen molar-refractivity contribution in [1.29, 1.82) is 0 Å². The van der Waals surface area contributed by atoms with Gasteiger partial charge in [-0.3, -0.25) is 4.79 Å². The first kappa shape index (κ1) is 15.2. The maximum atomic E-state index is 11.7. The third-order valence-corrected chi connectivity index (χ3v) is 2.88. The van der Waals surface area contributed by atoms with Crippen LogP contribution >= 0.6 is 0 Å². The molecule has 0 amide bonds. The number of phenols is 4. The van der Waals surface area contributed by atoms with Crippen LogP contribution in [0.15, 0.2) is 48.6 Å². The van der Waals surface area contributed by atoms with Gasteiger partial charge >= 0.3 is 0 Å². The molecule has 0 aliphatic heterocycles. The standard InChI is InChI=1S/C17H14O5/c18-13(5-1-11-3-7-14(19)9-16(11)21)6-2-12-4-8-15(20)10-17(12)22/h1-10,19-22H/b5-1+,6-2+.